The number of rotatable bonds is 2. The molecule has 1 heterocycles. The Morgan fingerprint density at radius 1 is 1.17 bits per heavy atom. The van der Waals surface area contributed by atoms with Gasteiger partial charge in [0.1, 0.15) is 5.41 Å². The second-order valence-corrected chi connectivity index (χ2v) is 5.80. The second-order valence-electron chi connectivity index (χ2n) is 5.80. The topological polar surface area (TPSA) is 66.5 Å². The average Bonchev–Trinajstić information content (AvgIpc) is 2.34. The van der Waals surface area contributed by atoms with Crippen LogP contribution in [0.25, 0.3) is 0 Å². The Hall–Kier alpha value is -1.39. The molecule has 1 saturated carbocycles. The van der Waals surface area contributed by atoms with Gasteiger partial charge in [0, 0.05) is 6.54 Å². The summed E-state index contributed by atoms with van der Waals surface area (Å²) in [7, 11) is 0. The first-order valence-electron chi connectivity index (χ1n) is 6.60. The molecule has 18 heavy (non-hydrogen) atoms. The van der Waals surface area contributed by atoms with Gasteiger partial charge in [0.2, 0.25) is 11.8 Å². The van der Waals surface area contributed by atoms with E-state index in [9.17, 15) is 14.4 Å². The lowest BCUT2D eigenvalue weighted by atomic mass is 9.86. The average molecular weight is 252 g/mol. The zero-order valence-electron chi connectivity index (χ0n) is 11.0. The highest BCUT2D eigenvalue weighted by molar-refractivity contribution is 6.18. The number of hydrogen-bond donors (Lipinski definition) is 1. The molecule has 0 bridgehead atoms. The van der Waals surface area contributed by atoms with Gasteiger partial charge in [0.05, 0.1) is 0 Å². The van der Waals surface area contributed by atoms with Crippen LogP contribution in [0.4, 0.5) is 4.79 Å². The van der Waals surface area contributed by atoms with Gasteiger partial charge in [-0.25, -0.2) is 4.79 Å². The molecule has 1 aliphatic carbocycles. The predicted octanol–water partition coefficient (Wildman–Crippen LogP) is 1.67. The van der Waals surface area contributed by atoms with Crippen LogP contribution in [0, 0.1) is 11.3 Å². The van der Waals surface area contributed by atoms with E-state index in [1.54, 1.807) is 13.8 Å². The van der Waals surface area contributed by atoms with Crippen molar-refractivity contribution in [2.75, 3.05) is 6.54 Å². The summed E-state index contributed by atoms with van der Waals surface area (Å²) in [5, 5.41) is 2.27. The Morgan fingerprint density at radius 2 is 1.78 bits per heavy atom. The third-order valence-electron chi connectivity index (χ3n) is 3.98. The SMILES string of the molecule is CC1(C)C(=O)NC(=O)N(CC2CCCCC2)C1=O. The van der Waals surface area contributed by atoms with Crippen LogP contribution in [-0.2, 0) is 9.59 Å². The summed E-state index contributed by atoms with van der Waals surface area (Å²) >= 11 is 0. The van der Waals surface area contributed by atoms with Crippen LogP contribution in [-0.4, -0.2) is 29.3 Å². The largest absolute Gasteiger partial charge is 0.330 e. The van der Waals surface area contributed by atoms with Crippen molar-refractivity contribution in [2.24, 2.45) is 11.3 Å². The van der Waals surface area contributed by atoms with Gasteiger partial charge in [-0.1, -0.05) is 19.3 Å². The summed E-state index contributed by atoms with van der Waals surface area (Å²) in [4.78, 5) is 36.8. The number of carbonyl (C=O) groups is 3. The van der Waals surface area contributed by atoms with E-state index >= 15 is 0 Å². The van der Waals surface area contributed by atoms with E-state index in [0.717, 1.165) is 25.7 Å². The summed E-state index contributed by atoms with van der Waals surface area (Å²) in [6, 6.07) is -0.560. The highest BCUT2D eigenvalue weighted by Crippen LogP contribution is 2.28. The molecule has 2 rings (SSSR count). The molecule has 0 unspecified atom stereocenters. The molecule has 2 fully saturated rings. The molecule has 1 N–H and O–H groups in total. The van der Waals surface area contributed by atoms with Crippen LogP contribution >= 0.6 is 0 Å². The fourth-order valence-corrected chi connectivity index (χ4v) is 2.64. The van der Waals surface area contributed by atoms with Crippen LogP contribution in [0.5, 0.6) is 0 Å². The van der Waals surface area contributed by atoms with E-state index in [1.807, 2.05) is 0 Å². The van der Waals surface area contributed by atoms with Crippen molar-refractivity contribution in [1.29, 1.82) is 0 Å². The Balaban J connectivity index is 2.08. The summed E-state index contributed by atoms with van der Waals surface area (Å²) in [5.74, 6) is -0.489. The molecule has 100 valence electrons. The Bertz CT molecular complexity index is 384. The smallest absolute Gasteiger partial charge is 0.277 e. The van der Waals surface area contributed by atoms with Crippen LogP contribution in [0.1, 0.15) is 46.0 Å². The van der Waals surface area contributed by atoms with E-state index in [-0.39, 0.29) is 5.91 Å². The first-order valence-corrected chi connectivity index (χ1v) is 6.60. The first kappa shape index (κ1) is 13.1. The lowest BCUT2D eigenvalue weighted by Gasteiger charge is -2.37. The Morgan fingerprint density at radius 3 is 2.39 bits per heavy atom. The van der Waals surface area contributed by atoms with Crippen LogP contribution in [0.15, 0.2) is 0 Å². The quantitative estimate of drug-likeness (QED) is 0.760. The zero-order chi connectivity index (χ0) is 13.3. The number of nitrogens with zero attached hydrogens (tertiary/aromatic N) is 1. The number of carbonyl (C=O) groups excluding carboxylic acids is 3. The highest BCUT2D eigenvalue weighted by Gasteiger charge is 2.47. The van der Waals surface area contributed by atoms with E-state index in [2.05, 4.69) is 5.32 Å². The van der Waals surface area contributed by atoms with Crippen molar-refractivity contribution in [3.63, 3.8) is 0 Å². The first-order chi connectivity index (χ1) is 8.43. The number of amides is 4. The molecule has 5 heteroatoms. The number of barbiturate groups is 1. The lowest BCUT2D eigenvalue weighted by Crippen LogP contribution is -2.62. The predicted molar refractivity (Wildman–Crippen MR) is 65.6 cm³/mol. The zero-order valence-corrected chi connectivity index (χ0v) is 11.0. The maximum Gasteiger partial charge on any atom is 0.330 e. The lowest BCUT2D eigenvalue weighted by molar-refractivity contribution is -0.149. The number of urea groups is 1. The van der Waals surface area contributed by atoms with Gasteiger partial charge < -0.3 is 0 Å². The Kier molecular flexibility index (Phi) is 3.41. The van der Waals surface area contributed by atoms with Crippen LogP contribution < -0.4 is 5.32 Å². The van der Waals surface area contributed by atoms with Crippen LogP contribution in [0.2, 0.25) is 0 Å². The van der Waals surface area contributed by atoms with Crippen LogP contribution in [0.3, 0.4) is 0 Å². The molecular formula is C13H20N2O3. The molecule has 0 aromatic carbocycles. The van der Waals surface area contributed by atoms with Gasteiger partial charge in [0.25, 0.3) is 0 Å². The molecule has 1 aliphatic heterocycles. The van der Waals surface area contributed by atoms with Crippen molar-refractivity contribution in [1.82, 2.24) is 10.2 Å². The highest BCUT2D eigenvalue weighted by atomic mass is 16.2. The summed E-state index contributed by atoms with van der Waals surface area (Å²) in [5.41, 5.74) is -1.14. The van der Waals surface area contributed by atoms with Gasteiger partial charge in [-0.2, -0.15) is 0 Å². The third-order valence-corrected chi connectivity index (χ3v) is 3.98. The minimum absolute atomic E-state index is 0.373. The molecule has 0 radical (unpaired) electrons. The molecule has 0 atom stereocenters. The molecular weight excluding hydrogens is 232 g/mol. The summed E-state index contributed by atoms with van der Waals surface area (Å²) < 4.78 is 0. The van der Waals surface area contributed by atoms with Crippen molar-refractivity contribution < 1.29 is 14.4 Å². The van der Waals surface area contributed by atoms with E-state index < -0.39 is 17.4 Å². The minimum atomic E-state index is -1.14. The molecule has 5 nitrogen and oxygen atoms in total. The molecule has 2 aliphatic rings. The number of nitrogens with one attached hydrogen (secondary N) is 1. The minimum Gasteiger partial charge on any atom is -0.277 e. The molecule has 0 spiro atoms. The summed E-state index contributed by atoms with van der Waals surface area (Å²) in [6.45, 7) is 3.57. The van der Waals surface area contributed by atoms with E-state index in [1.165, 1.54) is 11.3 Å². The van der Waals surface area contributed by atoms with E-state index in [4.69, 9.17) is 0 Å². The Labute approximate surface area is 107 Å². The van der Waals surface area contributed by atoms with Gasteiger partial charge in [0.15, 0.2) is 0 Å². The van der Waals surface area contributed by atoms with Gasteiger partial charge in [-0.05, 0) is 32.6 Å². The van der Waals surface area contributed by atoms with Gasteiger partial charge >= 0.3 is 6.03 Å². The third kappa shape index (κ3) is 2.26. The fourth-order valence-electron chi connectivity index (χ4n) is 2.64. The van der Waals surface area contributed by atoms with Crippen molar-refractivity contribution >= 4 is 17.8 Å². The van der Waals surface area contributed by atoms with Crippen molar-refractivity contribution in [2.45, 2.75) is 46.0 Å². The molecule has 1 saturated heterocycles. The molecule has 0 aromatic rings. The van der Waals surface area contributed by atoms with Gasteiger partial charge in [-0.15, -0.1) is 0 Å². The normalized spacial score (nSPS) is 25.2. The van der Waals surface area contributed by atoms with E-state index in [0.29, 0.717) is 12.5 Å². The number of imide groups is 2. The maximum absolute atomic E-state index is 12.2. The molecule has 0 aromatic heterocycles. The molecule has 4 amide bonds. The van der Waals surface area contributed by atoms with Crippen molar-refractivity contribution in [3.05, 3.63) is 0 Å². The fraction of sp³-hybridized carbons (Fsp3) is 0.769. The maximum atomic E-state index is 12.2. The second kappa shape index (κ2) is 4.71. The van der Waals surface area contributed by atoms with Crippen molar-refractivity contribution in [3.8, 4) is 0 Å². The van der Waals surface area contributed by atoms with Gasteiger partial charge in [-0.3, -0.25) is 19.8 Å². The standard InChI is InChI=1S/C13H20N2O3/c1-13(2)10(16)14-12(18)15(11(13)17)8-9-6-4-3-5-7-9/h9H,3-8H2,1-2H3,(H,14,16,18). The monoisotopic (exact) mass is 252 g/mol. The summed E-state index contributed by atoms with van der Waals surface area (Å²) in [6.07, 6.45) is 5.69. The number of hydrogen-bond acceptors (Lipinski definition) is 3.